The first-order chi connectivity index (χ1) is 15.3. The van der Waals surface area contributed by atoms with Crippen molar-refractivity contribution in [2.75, 3.05) is 19.6 Å². The highest BCUT2D eigenvalue weighted by molar-refractivity contribution is 8.18. The van der Waals surface area contributed by atoms with Gasteiger partial charge in [0.1, 0.15) is 5.82 Å². The predicted octanol–water partition coefficient (Wildman–Crippen LogP) is 3.11. The summed E-state index contributed by atoms with van der Waals surface area (Å²) in [7, 11) is 0. The van der Waals surface area contributed by atoms with E-state index >= 15 is 0 Å². The standard InChI is InChI=1S/C23H22FN3O4S/c1-15-4-2-3-5-18(15)21(29)26-11-10-20(28)25-12-13-27-22(30)19(32-23(27)31)14-16-6-8-17(24)9-7-16/h2-9,14H,10-13H2,1H3,(H,25,28)(H,26,29)/b19-14-. The normalized spacial score (nSPS) is 14.7. The summed E-state index contributed by atoms with van der Waals surface area (Å²) in [6, 6.07) is 12.7. The molecule has 2 aromatic rings. The van der Waals surface area contributed by atoms with Crippen LogP contribution >= 0.6 is 11.8 Å². The topological polar surface area (TPSA) is 95.6 Å². The second-order valence-corrected chi connectivity index (χ2v) is 8.05. The molecule has 2 N–H and O–H groups in total. The van der Waals surface area contributed by atoms with Gasteiger partial charge in [0.2, 0.25) is 5.91 Å². The van der Waals surface area contributed by atoms with Gasteiger partial charge in [0.15, 0.2) is 0 Å². The lowest BCUT2D eigenvalue weighted by atomic mass is 10.1. The van der Waals surface area contributed by atoms with E-state index in [2.05, 4.69) is 10.6 Å². The van der Waals surface area contributed by atoms with Crippen LogP contribution in [0.4, 0.5) is 9.18 Å². The lowest BCUT2D eigenvalue weighted by Crippen LogP contribution is -2.38. The monoisotopic (exact) mass is 455 g/mol. The summed E-state index contributed by atoms with van der Waals surface area (Å²) in [6.07, 6.45) is 1.60. The number of rotatable bonds is 8. The van der Waals surface area contributed by atoms with Crippen LogP contribution in [0.5, 0.6) is 0 Å². The molecule has 1 heterocycles. The minimum Gasteiger partial charge on any atom is -0.354 e. The molecule has 1 aliphatic rings. The quantitative estimate of drug-likeness (QED) is 0.597. The van der Waals surface area contributed by atoms with Crippen LogP contribution in [0.25, 0.3) is 6.08 Å². The van der Waals surface area contributed by atoms with Crippen molar-refractivity contribution in [3.8, 4) is 0 Å². The van der Waals surface area contributed by atoms with Gasteiger partial charge in [-0.2, -0.15) is 0 Å². The Morgan fingerprint density at radius 3 is 2.47 bits per heavy atom. The Balaban J connectivity index is 1.41. The summed E-state index contributed by atoms with van der Waals surface area (Å²) >= 11 is 0.800. The SMILES string of the molecule is Cc1ccccc1C(=O)NCCC(=O)NCCN1C(=O)S/C(=C\c2ccc(F)cc2)C1=O. The number of thioether (sulfide) groups is 1. The number of nitrogens with one attached hydrogen (secondary N) is 2. The van der Waals surface area contributed by atoms with Crippen molar-refractivity contribution in [1.29, 1.82) is 0 Å². The Hall–Kier alpha value is -3.46. The smallest absolute Gasteiger partial charge is 0.293 e. The van der Waals surface area contributed by atoms with Crippen molar-refractivity contribution in [2.24, 2.45) is 0 Å². The molecule has 0 aliphatic carbocycles. The van der Waals surface area contributed by atoms with Gasteiger partial charge in [-0.3, -0.25) is 24.1 Å². The first kappa shape index (κ1) is 23.2. The molecule has 9 heteroatoms. The number of hydrogen-bond acceptors (Lipinski definition) is 5. The number of halogens is 1. The Morgan fingerprint density at radius 1 is 1.03 bits per heavy atom. The van der Waals surface area contributed by atoms with Crippen LogP contribution in [0.3, 0.4) is 0 Å². The highest BCUT2D eigenvalue weighted by atomic mass is 32.2. The molecule has 7 nitrogen and oxygen atoms in total. The fourth-order valence-electron chi connectivity index (χ4n) is 3.01. The maximum atomic E-state index is 13.0. The average molecular weight is 456 g/mol. The van der Waals surface area contributed by atoms with Gasteiger partial charge in [-0.15, -0.1) is 0 Å². The summed E-state index contributed by atoms with van der Waals surface area (Å²) in [5, 5.41) is 4.91. The molecule has 1 fully saturated rings. The largest absolute Gasteiger partial charge is 0.354 e. The molecule has 1 saturated heterocycles. The zero-order chi connectivity index (χ0) is 23.1. The third-order valence-corrected chi connectivity index (χ3v) is 5.63. The second kappa shape index (κ2) is 10.7. The maximum Gasteiger partial charge on any atom is 0.293 e. The van der Waals surface area contributed by atoms with E-state index in [0.717, 1.165) is 22.2 Å². The van der Waals surface area contributed by atoms with E-state index in [1.54, 1.807) is 12.1 Å². The molecule has 1 aliphatic heterocycles. The highest BCUT2D eigenvalue weighted by Crippen LogP contribution is 2.31. The van der Waals surface area contributed by atoms with E-state index in [-0.39, 0.29) is 48.6 Å². The molecule has 32 heavy (non-hydrogen) atoms. The fourth-order valence-corrected chi connectivity index (χ4v) is 3.88. The van der Waals surface area contributed by atoms with E-state index in [4.69, 9.17) is 0 Å². The van der Waals surface area contributed by atoms with Crippen LogP contribution in [-0.2, 0) is 9.59 Å². The number of carbonyl (C=O) groups is 4. The van der Waals surface area contributed by atoms with E-state index in [9.17, 15) is 23.6 Å². The molecular formula is C23H22FN3O4S. The third kappa shape index (κ3) is 6.04. The van der Waals surface area contributed by atoms with E-state index < -0.39 is 11.1 Å². The molecule has 4 amide bonds. The lowest BCUT2D eigenvalue weighted by molar-refractivity contribution is -0.124. The van der Waals surface area contributed by atoms with Gasteiger partial charge in [0.25, 0.3) is 17.1 Å². The van der Waals surface area contributed by atoms with Gasteiger partial charge in [0.05, 0.1) is 4.91 Å². The third-order valence-electron chi connectivity index (χ3n) is 4.73. The number of amides is 4. The van der Waals surface area contributed by atoms with Crippen molar-refractivity contribution in [2.45, 2.75) is 13.3 Å². The van der Waals surface area contributed by atoms with Gasteiger partial charge in [0, 0.05) is 31.6 Å². The average Bonchev–Trinajstić information content (AvgIpc) is 3.03. The summed E-state index contributed by atoms with van der Waals surface area (Å²) in [5.74, 6) is -1.39. The van der Waals surface area contributed by atoms with Gasteiger partial charge >= 0.3 is 0 Å². The summed E-state index contributed by atoms with van der Waals surface area (Å²) in [4.78, 5) is 50.0. The van der Waals surface area contributed by atoms with Gasteiger partial charge in [-0.25, -0.2) is 4.39 Å². The Labute approximate surface area is 189 Å². The van der Waals surface area contributed by atoms with E-state index in [1.807, 2.05) is 19.1 Å². The number of carbonyl (C=O) groups excluding carboxylic acids is 4. The molecular weight excluding hydrogens is 433 g/mol. The minimum atomic E-state index is -0.455. The van der Waals surface area contributed by atoms with Crippen molar-refractivity contribution in [3.05, 3.63) is 75.9 Å². The fraction of sp³-hybridized carbons (Fsp3) is 0.217. The lowest BCUT2D eigenvalue weighted by Gasteiger charge is -2.13. The highest BCUT2D eigenvalue weighted by Gasteiger charge is 2.34. The Kier molecular flexibility index (Phi) is 7.77. The van der Waals surface area contributed by atoms with Crippen molar-refractivity contribution < 1.29 is 23.6 Å². The second-order valence-electron chi connectivity index (χ2n) is 7.06. The van der Waals surface area contributed by atoms with Crippen molar-refractivity contribution >= 4 is 40.8 Å². The molecule has 0 bridgehead atoms. The van der Waals surface area contributed by atoms with Crippen LogP contribution in [0.1, 0.15) is 27.9 Å². The maximum absolute atomic E-state index is 13.0. The van der Waals surface area contributed by atoms with Gasteiger partial charge in [-0.1, -0.05) is 30.3 Å². The Morgan fingerprint density at radius 2 is 1.75 bits per heavy atom. The van der Waals surface area contributed by atoms with Crippen LogP contribution in [-0.4, -0.2) is 47.5 Å². The summed E-state index contributed by atoms with van der Waals surface area (Å²) < 4.78 is 13.0. The number of aryl methyl sites for hydroxylation is 1. The van der Waals surface area contributed by atoms with Crippen LogP contribution < -0.4 is 10.6 Å². The number of nitrogens with zero attached hydrogens (tertiary/aromatic N) is 1. The Bertz CT molecular complexity index is 1070. The number of benzene rings is 2. The van der Waals surface area contributed by atoms with Crippen molar-refractivity contribution in [1.82, 2.24) is 15.5 Å². The first-order valence-electron chi connectivity index (χ1n) is 9.96. The molecule has 2 aromatic carbocycles. The van der Waals surface area contributed by atoms with Crippen LogP contribution in [0, 0.1) is 12.7 Å². The van der Waals surface area contributed by atoms with E-state index in [0.29, 0.717) is 11.1 Å². The molecule has 0 atom stereocenters. The predicted molar refractivity (Wildman–Crippen MR) is 120 cm³/mol. The molecule has 0 saturated carbocycles. The van der Waals surface area contributed by atoms with Crippen LogP contribution in [0.2, 0.25) is 0 Å². The molecule has 0 unspecified atom stereocenters. The summed E-state index contributed by atoms with van der Waals surface area (Å²) in [5.41, 5.74) is 2.01. The molecule has 0 aromatic heterocycles. The number of hydrogen-bond donors (Lipinski definition) is 2. The van der Waals surface area contributed by atoms with E-state index in [1.165, 1.54) is 30.3 Å². The van der Waals surface area contributed by atoms with Gasteiger partial charge in [-0.05, 0) is 54.1 Å². The minimum absolute atomic E-state index is 0.0345. The van der Waals surface area contributed by atoms with Crippen molar-refractivity contribution in [3.63, 3.8) is 0 Å². The van der Waals surface area contributed by atoms with Gasteiger partial charge < -0.3 is 10.6 Å². The summed E-state index contributed by atoms with van der Waals surface area (Å²) in [6.45, 7) is 2.14. The molecule has 3 rings (SSSR count). The molecule has 0 radical (unpaired) electrons. The molecule has 0 spiro atoms. The first-order valence-corrected chi connectivity index (χ1v) is 10.8. The van der Waals surface area contributed by atoms with Crippen LogP contribution in [0.15, 0.2) is 53.4 Å². The number of imide groups is 1. The molecule has 166 valence electrons. The zero-order valence-corrected chi connectivity index (χ0v) is 18.2. The zero-order valence-electron chi connectivity index (χ0n) is 17.4.